The molecule has 0 spiro atoms. The second-order valence-corrected chi connectivity index (χ2v) is 7.07. The number of carbonyl (C=O) groups is 1. The Kier molecular flexibility index (Phi) is 5.99. The van der Waals surface area contributed by atoms with Gasteiger partial charge in [0.25, 0.3) is 5.91 Å². The molecule has 3 N–H and O–H groups in total. The summed E-state index contributed by atoms with van der Waals surface area (Å²) in [6.45, 7) is 2.52. The molecule has 0 unspecified atom stereocenters. The van der Waals surface area contributed by atoms with Crippen LogP contribution >= 0.6 is 11.3 Å². The highest BCUT2D eigenvalue weighted by Gasteiger charge is 2.25. The van der Waals surface area contributed by atoms with Gasteiger partial charge in [0.05, 0.1) is 4.88 Å². The highest BCUT2D eigenvalue weighted by Crippen LogP contribution is 2.22. The Morgan fingerprint density at radius 1 is 1.00 bits per heavy atom. The van der Waals surface area contributed by atoms with Gasteiger partial charge in [-0.15, -0.1) is 11.3 Å². The first kappa shape index (κ1) is 17.4. The molecule has 1 heterocycles. The molecule has 0 aliphatic heterocycles. The van der Waals surface area contributed by atoms with Crippen LogP contribution in [0.2, 0.25) is 0 Å². The van der Waals surface area contributed by atoms with Gasteiger partial charge >= 0.3 is 0 Å². The fraction of sp³-hybridized carbons (Fsp3) is 0.190. The molecule has 128 valence electrons. The second-order valence-electron chi connectivity index (χ2n) is 6.09. The normalized spacial score (nSPS) is 13.2. The van der Waals surface area contributed by atoms with E-state index in [9.17, 15) is 4.79 Å². The van der Waals surface area contributed by atoms with E-state index in [2.05, 4.69) is 40.3 Å². The summed E-state index contributed by atoms with van der Waals surface area (Å²) in [6, 6.07) is 24.5. The standard InChI is InChI=1S/C21H22N2OS/c1-16(21(24)22-15-17-9-4-2-5-10-17)23-20(19-13-8-14-25-19)18-11-6-3-7-12-18/h2-14,16,20,23H,15H2,1H3,(H,22,24)/p+1/t16-,20-/m1/s1. The van der Waals surface area contributed by atoms with Crippen molar-refractivity contribution in [2.75, 3.05) is 0 Å². The van der Waals surface area contributed by atoms with Crippen LogP contribution in [0.15, 0.2) is 78.2 Å². The number of hydrogen-bond acceptors (Lipinski definition) is 2. The summed E-state index contributed by atoms with van der Waals surface area (Å²) < 4.78 is 0. The van der Waals surface area contributed by atoms with Crippen LogP contribution in [0.3, 0.4) is 0 Å². The van der Waals surface area contributed by atoms with E-state index in [-0.39, 0.29) is 18.0 Å². The number of hydrogen-bond donors (Lipinski definition) is 2. The lowest BCUT2D eigenvalue weighted by atomic mass is 10.0. The number of carbonyl (C=O) groups excluding carboxylic acids is 1. The third-order valence-corrected chi connectivity index (χ3v) is 5.17. The van der Waals surface area contributed by atoms with Gasteiger partial charge < -0.3 is 10.6 Å². The largest absolute Gasteiger partial charge is 0.347 e. The number of benzene rings is 2. The molecule has 0 fully saturated rings. The van der Waals surface area contributed by atoms with Gasteiger partial charge in [0, 0.05) is 12.1 Å². The summed E-state index contributed by atoms with van der Waals surface area (Å²) in [7, 11) is 0. The summed E-state index contributed by atoms with van der Waals surface area (Å²) in [5.74, 6) is 0.0568. The van der Waals surface area contributed by atoms with Crippen molar-refractivity contribution in [3.8, 4) is 0 Å². The summed E-state index contributed by atoms with van der Waals surface area (Å²) in [5.41, 5.74) is 2.33. The van der Waals surface area contributed by atoms with E-state index in [1.54, 1.807) is 11.3 Å². The molecule has 2 aromatic carbocycles. The van der Waals surface area contributed by atoms with E-state index >= 15 is 0 Å². The molecule has 3 nitrogen and oxygen atoms in total. The van der Waals surface area contributed by atoms with E-state index in [1.165, 1.54) is 10.4 Å². The number of rotatable bonds is 7. The van der Waals surface area contributed by atoms with Gasteiger partial charge in [0.2, 0.25) is 0 Å². The molecule has 0 aliphatic rings. The Balaban J connectivity index is 1.66. The fourth-order valence-electron chi connectivity index (χ4n) is 2.82. The van der Waals surface area contributed by atoms with Crippen LogP contribution in [0.25, 0.3) is 0 Å². The predicted octanol–water partition coefficient (Wildman–Crippen LogP) is 3.11. The summed E-state index contributed by atoms with van der Waals surface area (Å²) in [5, 5.41) is 7.26. The summed E-state index contributed by atoms with van der Waals surface area (Å²) in [6.07, 6.45) is 0. The first-order valence-corrected chi connectivity index (χ1v) is 9.37. The minimum absolute atomic E-state index is 0.0568. The molecule has 3 rings (SSSR count). The molecule has 4 heteroatoms. The van der Waals surface area contributed by atoms with Crippen molar-refractivity contribution in [2.45, 2.75) is 25.6 Å². The molecule has 1 amide bonds. The second kappa shape index (κ2) is 8.60. The lowest BCUT2D eigenvalue weighted by Gasteiger charge is -2.19. The minimum Gasteiger partial charge on any atom is -0.347 e. The molecular weight excluding hydrogens is 328 g/mol. The van der Waals surface area contributed by atoms with Gasteiger partial charge in [-0.25, -0.2) is 0 Å². The molecular formula is C21H23N2OS+. The minimum atomic E-state index is -0.170. The Hall–Kier alpha value is -2.43. The highest BCUT2D eigenvalue weighted by atomic mass is 32.1. The zero-order chi connectivity index (χ0) is 17.5. The molecule has 0 radical (unpaired) electrons. The van der Waals surface area contributed by atoms with Gasteiger partial charge in [-0.1, -0.05) is 66.7 Å². The number of thiophene rings is 1. The predicted molar refractivity (Wildman–Crippen MR) is 102 cm³/mol. The number of quaternary nitrogens is 1. The highest BCUT2D eigenvalue weighted by molar-refractivity contribution is 7.10. The maximum Gasteiger partial charge on any atom is 0.278 e. The van der Waals surface area contributed by atoms with Gasteiger partial charge in [0.15, 0.2) is 6.04 Å². The Labute approximate surface area is 152 Å². The van der Waals surface area contributed by atoms with E-state index in [0.29, 0.717) is 6.54 Å². The van der Waals surface area contributed by atoms with E-state index < -0.39 is 0 Å². The van der Waals surface area contributed by atoms with Crippen molar-refractivity contribution in [2.24, 2.45) is 0 Å². The monoisotopic (exact) mass is 351 g/mol. The number of nitrogens with two attached hydrogens (primary N) is 1. The molecule has 25 heavy (non-hydrogen) atoms. The van der Waals surface area contributed by atoms with Crippen molar-refractivity contribution < 1.29 is 10.1 Å². The lowest BCUT2D eigenvalue weighted by molar-refractivity contribution is -0.704. The maximum absolute atomic E-state index is 12.5. The number of amides is 1. The summed E-state index contributed by atoms with van der Waals surface area (Å²) >= 11 is 1.73. The number of nitrogens with one attached hydrogen (secondary N) is 1. The molecule has 0 bridgehead atoms. The third kappa shape index (κ3) is 4.78. The molecule has 0 saturated carbocycles. The first-order valence-electron chi connectivity index (χ1n) is 8.49. The molecule has 1 aromatic heterocycles. The van der Waals surface area contributed by atoms with Crippen molar-refractivity contribution in [1.82, 2.24) is 5.32 Å². The average Bonchev–Trinajstić information content (AvgIpc) is 3.20. The van der Waals surface area contributed by atoms with Crippen LogP contribution in [0, 0.1) is 0 Å². The Morgan fingerprint density at radius 2 is 1.68 bits per heavy atom. The van der Waals surface area contributed by atoms with Crippen LogP contribution in [0.4, 0.5) is 0 Å². The smallest absolute Gasteiger partial charge is 0.278 e. The molecule has 0 saturated heterocycles. The van der Waals surface area contributed by atoms with Crippen molar-refractivity contribution in [3.63, 3.8) is 0 Å². The quantitative estimate of drug-likeness (QED) is 0.675. The van der Waals surface area contributed by atoms with Crippen molar-refractivity contribution in [1.29, 1.82) is 0 Å². The Bertz CT molecular complexity index is 772. The maximum atomic E-state index is 12.5. The van der Waals surface area contributed by atoms with Gasteiger partial charge in [-0.05, 0) is 23.9 Å². The van der Waals surface area contributed by atoms with Gasteiger partial charge in [-0.2, -0.15) is 0 Å². The topological polar surface area (TPSA) is 45.7 Å². The lowest BCUT2D eigenvalue weighted by Crippen LogP contribution is -2.92. The third-order valence-electron chi connectivity index (χ3n) is 4.21. The van der Waals surface area contributed by atoms with Crippen molar-refractivity contribution in [3.05, 3.63) is 94.2 Å². The van der Waals surface area contributed by atoms with E-state index in [1.807, 2.05) is 55.5 Å². The van der Waals surface area contributed by atoms with E-state index in [4.69, 9.17) is 0 Å². The van der Waals surface area contributed by atoms with Crippen LogP contribution in [-0.4, -0.2) is 11.9 Å². The molecule has 3 aromatic rings. The fourth-order valence-corrected chi connectivity index (χ4v) is 3.65. The van der Waals surface area contributed by atoms with Crippen molar-refractivity contribution >= 4 is 17.2 Å². The van der Waals surface area contributed by atoms with E-state index in [0.717, 1.165) is 5.56 Å². The zero-order valence-electron chi connectivity index (χ0n) is 14.3. The van der Waals surface area contributed by atoms with Gasteiger partial charge in [0.1, 0.15) is 6.04 Å². The SMILES string of the molecule is C[C@@H]([NH2+][C@H](c1ccccc1)c1cccs1)C(=O)NCc1ccccc1. The van der Waals surface area contributed by atoms with Crippen LogP contribution in [-0.2, 0) is 11.3 Å². The Morgan fingerprint density at radius 3 is 2.32 bits per heavy atom. The average molecular weight is 351 g/mol. The van der Waals surface area contributed by atoms with Gasteiger partial charge in [-0.3, -0.25) is 4.79 Å². The van der Waals surface area contributed by atoms with Crippen LogP contribution < -0.4 is 10.6 Å². The first-order chi connectivity index (χ1) is 12.2. The summed E-state index contributed by atoms with van der Waals surface area (Å²) in [4.78, 5) is 13.8. The van der Waals surface area contributed by atoms with Crippen LogP contribution in [0.5, 0.6) is 0 Å². The molecule has 2 atom stereocenters. The van der Waals surface area contributed by atoms with Crippen LogP contribution in [0.1, 0.15) is 29.0 Å². The zero-order valence-corrected chi connectivity index (χ0v) is 15.1. The molecule has 0 aliphatic carbocycles.